The Hall–Kier alpha value is -2.28. The van der Waals surface area contributed by atoms with E-state index in [2.05, 4.69) is 5.32 Å². The van der Waals surface area contributed by atoms with Gasteiger partial charge in [0.05, 0.1) is 65.9 Å². The molecular formula is C20H34N2O10. The summed E-state index contributed by atoms with van der Waals surface area (Å²) in [6, 6.07) is 0. The molecule has 1 N–H and O–H groups in total. The van der Waals surface area contributed by atoms with Gasteiger partial charge in [-0.05, 0) is 5.92 Å². The standard InChI is InChI=1S/C20H34N2O10/c1-16(2)15-31-20(26)21-6-8-28-10-12-30-14-13-29-11-9-27-7-5-19(25)32-22-17(23)3-4-18(22)24/h16H,3-15H2,1-2H3,(H,21,26). The summed E-state index contributed by atoms with van der Waals surface area (Å²) in [5.74, 6) is -1.43. The molecule has 0 atom stereocenters. The molecule has 0 aromatic carbocycles. The van der Waals surface area contributed by atoms with Crippen molar-refractivity contribution in [2.75, 3.05) is 66.0 Å². The monoisotopic (exact) mass is 462 g/mol. The molecule has 0 radical (unpaired) electrons. The molecule has 32 heavy (non-hydrogen) atoms. The lowest BCUT2D eigenvalue weighted by atomic mass is 10.2. The number of carbonyl (C=O) groups is 4. The summed E-state index contributed by atoms with van der Waals surface area (Å²) in [4.78, 5) is 50.2. The average molecular weight is 462 g/mol. The van der Waals surface area contributed by atoms with E-state index in [-0.39, 0.29) is 32.5 Å². The highest BCUT2D eigenvalue weighted by molar-refractivity contribution is 6.01. The van der Waals surface area contributed by atoms with Crippen LogP contribution in [-0.4, -0.2) is 94.9 Å². The Morgan fingerprint density at radius 2 is 1.34 bits per heavy atom. The summed E-state index contributed by atoms with van der Waals surface area (Å²) < 4.78 is 26.2. The summed E-state index contributed by atoms with van der Waals surface area (Å²) >= 11 is 0. The average Bonchev–Trinajstić information content (AvgIpc) is 3.06. The number of imide groups is 1. The van der Waals surface area contributed by atoms with Crippen molar-refractivity contribution in [2.45, 2.75) is 33.1 Å². The third kappa shape index (κ3) is 13.9. The van der Waals surface area contributed by atoms with Gasteiger partial charge in [0.2, 0.25) is 0 Å². The van der Waals surface area contributed by atoms with Crippen molar-refractivity contribution >= 4 is 23.9 Å². The first-order valence-electron chi connectivity index (χ1n) is 10.7. The molecule has 0 spiro atoms. The molecule has 0 saturated carbocycles. The smallest absolute Gasteiger partial charge is 0.407 e. The fourth-order valence-electron chi connectivity index (χ4n) is 2.24. The summed E-state index contributed by atoms with van der Waals surface area (Å²) in [7, 11) is 0. The number of nitrogens with one attached hydrogen (secondary N) is 1. The molecule has 0 aliphatic carbocycles. The van der Waals surface area contributed by atoms with Crippen LogP contribution < -0.4 is 5.32 Å². The van der Waals surface area contributed by atoms with E-state index in [0.29, 0.717) is 63.8 Å². The number of ether oxygens (including phenoxy) is 5. The van der Waals surface area contributed by atoms with E-state index in [0.717, 1.165) is 0 Å². The topological polar surface area (TPSA) is 139 Å². The number of nitrogens with zero attached hydrogens (tertiary/aromatic N) is 1. The summed E-state index contributed by atoms with van der Waals surface area (Å²) in [5, 5.41) is 3.10. The fourth-order valence-corrected chi connectivity index (χ4v) is 2.24. The highest BCUT2D eigenvalue weighted by atomic mass is 16.7. The maximum absolute atomic E-state index is 11.6. The van der Waals surface area contributed by atoms with Crippen LogP contribution in [0.1, 0.15) is 33.1 Å². The second kappa shape index (κ2) is 17.3. The van der Waals surface area contributed by atoms with Crippen molar-refractivity contribution in [2.24, 2.45) is 5.92 Å². The van der Waals surface area contributed by atoms with Crippen molar-refractivity contribution in [3.05, 3.63) is 0 Å². The van der Waals surface area contributed by atoms with Crippen LogP contribution in [0.25, 0.3) is 0 Å². The number of hydrogen-bond acceptors (Lipinski definition) is 10. The van der Waals surface area contributed by atoms with E-state index in [1.807, 2.05) is 13.8 Å². The van der Waals surface area contributed by atoms with E-state index in [1.165, 1.54) is 0 Å². The maximum Gasteiger partial charge on any atom is 0.407 e. The summed E-state index contributed by atoms with van der Waals surface area (Å²) in [6.45, 7) is 7.33. The van der Waals surface area contributed by atoms with Crippen LogP contribution in [0.3, 0.4) is 0 Å². The number of hydrogen-bond donors (Lipinski definition) is 1. The van der Waals surface area contributed by atoms with Crippen LogP contribution in [0.4, 0.5) is 4.79 Å². The van der Waals surface area contributed by atoms with E-state index < -0.39 is 23.9 Å². The largest absolute Gasteiger partial charge is 0.449 e. The molecule has 1 fully saturated rings. The van der Waals surface area contributed by atoms with Gasteiger partial charge in [0, 0.05) is 19.4 Å². The van der Waals surface area contributed by atoms with E-state index in [9.17, 15) is 19.2 Å². The molecule has 12 nitrogen and oxygen atoms in total. The summed E-state index contributed by atoms with van der Waals surface area (Å²) in [6.07, 6.45) is -0.403. The van der Waals surface area contributed by atoms with Gasteiger partial charge in [-0.25, -0.2) is 9.59 Å². The highest BCUT2D eigenvalue weighted by Gasteiger charge is 2.32. The first-order chi connectivity index (χ1) is 15.4. The zero-order valence-electron chi connectivity index (χ0n) is 18.8. The Balaban J connectivity index is 1.79. The highest BCUT2D eigenvalue weighted by Crippen LogP contribution is 2.12. The molecule has 12 heteroatoms. The minimum atomic E-state index is -0.702. The Kier molecular flexibility index (Phi) is 15.0. The van der Waals surface area contributed by atoms with Gasteiger partial charge in [-0.2, -0.15) is 0 Å². The third-order valence-electron chi connectivity index (χ3n) is 3.83. The molecule has 0 aromatic rings. The van der Waals surface area contributed by atoms with Gasteiger partial charge < -0.3 is 33.8 Å². The molecule has 1 saturated heterocycles. The maximum atomic E-state index is 11.6. The molecule has 3 amide bonds. The SMILES string of the molecule is CC(C)COC(=O)NCCOCCOCCOCCOCCC(=O)ON1C(=O)CCC1=O. The Morgan fingerprint density at radius 1 is 0.844 bits per heavy atom. The van der Waals surface area contributed by atoms with Gasteiger partial charge >= 0.3 is 12.1 Å². The number of hydroxylamine groups is 2. The van der Waals surface area contributed by atoms with E-state index >= 15 is 0 Å². The molecule has 1 rings (SSSR count). The van der Waals surface area contributed by atoms with E-state index in [1.54, 1.807) is 0 Å². The van der Waals surface area contributed by atoms with Crippen LogP contribution in [-0.2, 0) is 42.9 Å². The minimum Gasteiger partial charge on any atom is -0.449 e. The Labute approximate surface area is 187 Å². The Morgan fingerprint density at radius 3 is 1.88 bits per heavy atom. The molecular weight excluding hydrogens is 428 g/mol. The van der Waals surface area contributed by atoms with Crippen molar-refractivity contribution in [1.29, 1.82) is 0 Å². The quantitative estimate of drug-likeness (QED) is 0.225. The van der Waals surface area contributed by atoms with E-state index in [4.69, 9.17) is 28.5 Å². The number of carbonyl (C=O) groups excluding carboxylic acids is 4. The lowest BCUT2D eigenvalue weighted by molar-refractivity contribution is -0.198. The third-order valence-corrected chi connectivity index (χ3v) is 3.83. The molecule has 184 valence electrons. The fraction of sp³-hybridized carbons (Fsp3) is 0.800. The summed E-state index contributed by atoms with van der Waals surface area (Å²) in [5.41, 5.74) is 0. The normalized spacial score (nSPS) is 13.7. The Bertz CT molecular complexity index is 569. The second-order valence-electron chi connectivity index (χ2n) is 7.16. The van der Waals surface area contributed by atoms with Crippen molar-refractivity contribution in [1.82, 2.24) is 10.4 Å². The number of amides is 3. The minimum absolute atomic E-state index is 0.0604. The lowest BCUT2D eigenvalue weighted by Crippen LogP contribution is -2.32. The molecule has 0 aromatic heterocycles. The number of rotatable bonds is 18. The van der Waals surface area contributed by atoms with Gasteiger partial charge in [0.25, 0.3) is 11.8 Å². The van der Waals surface area contributed by atoms with Crippen LogP contribution in [0.15, 0.2) is 0 Å². The zero-order valence-corrected chi connectivity index (χ0v) is 18.8. The molecule has 1 heterocycles. The second-order valence-corrected chi connectivity index (χ2v) is 7.16. The van der Waals surface area contributed by atoms with Gasteiger partial charge in [-0.1, -0.05) is 13.8 Å². The predicted octanol–water partition coefficient (Wildman–Crippen LogP) is 0.432. The molecule has 0 bridgehead atoms. The molecule has 1 aliphatic rings. The van der Waals surface area contributed by atoms with Gasteiger partial charge in [0.15, 0.2) is 0 Å². The zero-order chi connectivity index (χ0) is 23.6. The van der Waals surface area contributed by atoms with Crippen molar-refractivity contribution < 1.29 is 47.7 Å². The molecule has 0 unspecified atom stereocenters. The van der Waals surface area contributed by atoms with Gasteiger partial charge in [0.1, 0.15) is 0 Å². The van der Waals surface area contributed by atoms with Crippen LogP contribution in [0, 0.1) is 5.92 Å². The molecule has 1 aliphatic heterocycles. The first kappa shape index (κ1) is 27.8. The van der Waals surface area contributed by atoms with Crippen molar-refractivity contribution in [3.8, 4) is 0 Å². The van der Waals surface area contributed by atoms with Crippen molar-refractivity contribution in [3.63, 3.8) is 0 Å². The van der Waals surface area contributed by atoms with Gasteiger partial charge in [-0.15, -0.1) is 5.06 Å². The van der Waals surface area contributed by atoms with Gasteiger partial charge in [-0.3, -0.25) is 9.59 Å². The lowest BCUT2D eigenvalue weighted by Gasteiger charge is -2.12. The van der Waals surface area contributed by atoms with Crippen LogP contribution >= 0.6 is 0 Å². The van der Waals surface area contributed by atoms with Crippen LogP contribution in [0.5, 0.6) is 0 Å². The predicted molar refractivity (Wildman–Crippen MR) is 109 cm³/mol. The first-order valence-corrected chi connectivity index (χ1v) is 10.7. The number of alkyl carbamates (subject to hydrolysis) is 1. The van der Waals surface area contributed by atoms with Crippen LogP contribution in [0.2, 0.25) is 0 Å².